The lowest BCUT2D eigenvalue weighted by Crippen LogP contribution is -2.39. The summed E-state index contributed by atoms with van der Waals surface area (Å²) in [4.78, 5) is 29.2. The molecule has 0 spiro atoms. The molecule has 0 aromatic heterocycles. The van der Waals surface area contributed by atoms with Crippen molar-refractivity contribution in [3.8, 4) is 11.1 Å². The van der Waals surface area contributed by atoms with E-state index in [0.717, 1.165) is 28.6 Å². The van der Waals surface area contributed by atoms with Crippen LogP contribution in [0.1, 0.15) is 23.6 Å². The van der Waals surface area contributed by atoms with Gasteiger partial charge in [0.2, 0.25) is 5.91 Å². The molecule has 0 radical (unpaired) electrons. The highest BCUT2D eigenvalue weighted by Crippen LogP contribution is 2.32. The lowest BCUT2D eigenvalue weighted by molar-refractivity contribution is -0.125. The Morgan fingerprint density at radius 1 is 1.06 bits per heavy atom. The SMILES string of the molecule is CNC(=O)[C@](C)(N=CN)c1cccc(-c2cc(Cl)ccc2CCNC(=O)Cc2ccccc2)c1. The predicted octanol–water partition coefficient (Wildman–Crippen LogP) is 3.86. The van der Waals surface area contributed by atoms with Gasteiger partial charge in [-0.1, -0.05) is 66.2 Å². The molecule has 0 aliphatic rings. The lowest BCUT2D eigenvalue weighted by Gasteiger charge is -2.24. The molecule has 3 rings (SSSR count). The van der Waals surface area contributed by atoms with Crippen LogP contribution in [-0.2, 0) is 28.0 Å². The van der Waals surface area contributed by atoms with Gasteiger partial charge in [-0.3, -0.25) is 14.6 Å². The van der Waals surface area contributed by atoms with Gasteiger partial charge in [0.1, 0.15) is 0 Å². The predicted molar refractivity (Wildman–Crippen MR) is 138 cm³/mol. The van der Waals surface area contributed by atoms with Gasteiger partial charge in [0.15, 0.2) is 5.54 Å². The van der Waals surface area contributed by atoms with Gasteiger partial charge in [-0.25, -0.2) is 0 Å². The number of hydrogen-bond donors (Lipinski definition) is 3. The maximum Gasteiger partial charge on any atom is 0.252 e. The van der Waals surface area contributed by atoms with Crippen molar-refractivity contribution >= 4 is 29.8 Å². The van der Waals surface area contributed by atoms with Crippen molar-refractivity contribution in [2.24, 2.45) is 10.7 Å². The summed E-state index contributed by atoms with van der Waals surface area (Å²) in [6, 6.07) is 22.9. The molecule has 34 heavy (non-hydrogen) atoms. The molecule has 0 saturated heterocycles. The van der Waals surface area contributed by atoms with Gasteiger partial charge in [-0.15, -0.1) is 0 Å². The molecule has 3 aromatic carbocycles. The number of amides is 2. The fourth-order valence-electron chi connectivity index (χ4n) is 3.86. The smallest absolute Gasteiger partial charge is 0.252 e. The molecule has 0 bridgehead atoms. The summed E-state index contributed by atoms with van der Waals surface area (Å²) in [5.41, 5.74) is 8.92. The molecular weight excluding hydrogens is 448 g/mol. The van der Waals surface area contributed by atoms with Crippen LogP contribution in [0.4, 0.5) is 0 Å². The molecule has 0 fully saturated rings. The lowest BCUT2D eigenvalue weighted by atomic mass is 9.88. The highest BCUT2D eigenvalue weighted by Gasteiger charge is 2.33. The Morgan fingerprint density at radius 3 is 2.53 bits per heavy atom. The Hall–Kier alpha value is -3.64. The van der Waals surface area contributed by atoms with E-state index in [1.165, 1.54) is 0 Å². The van der Waals surface area contributed by atoms with Crippen LogP contribution < -0.4 is 16.4 Å². The molecule has 7 heteroatoms. The largest absolute Gasteiger partial charge is 0.390 e. The molecule has 176 valence electrons. The number of carbonyl (C=O) groups excluding carboxylic acids is 2. The zero-order valence-corrected chi connectivity index (χ0v) is 20.1. The number of hydrogen-bond acceptors (Lipinski definition) is 3. The second kappa shape index (κ2) is 11.5. The van der Waals surface area contributed by atoms with Crippen LogP contribution in [0.25, 0.3) is 11.1 Å². The zero-order valence-electron chi connectivity index (χ0n) is 19.3. The molecule has 0 heterocycles. The first-order valence-electron chi connectivity index (χ1n) is 11.0. The number of aliphatic imine (C=N–C) groups is 1. The summed E-state index contributed by atoms with van der Waals surface area (Å²) in [6.07, 6.45) is 2.12. The monoisotopic (exact) mass is 476 g/mol. The van der Waals surface area contributed by atoms with Gasteiger partial charge in [0, 0.05) is 18.6 Å². The number of benzene rings is 3. The summed E-state index contributed by atoms with van der Waals surface area (Å²) in [7, 11) is 1.57. The molecule has 3 aromatic rings. The second-order valence-corrected chi connectivity index (χ2v) is 8.51. The number of nitrogens with two attached hydrogens (primary N) is 1. The van der Waals surface area contributed by atoms with Gasteiger partial charge >= 0.3 is 0 Å². The van der Waals surface area contributed by atoms with Crippen LogP contribution in [0.2, 0.25) is 5.02 Å². The van der Waals surface area contributed by atoms with Gasteiger partial charge in [0.25, 0.3) is 5.91 Å². The van der Waals surface area contributed by atoms with Crippen LogP contribution >= 0.6 is 11.6 Å². The summed E-state index contributed by atoms with van der Waals surface area (Å²) < 4.78 is 0. The average molecular weight is 477 g/mol. The van der Waals surface area contributed by atoms with Crippen LogP contribution in [0.3, 0.4) is 0 Å². The minimum absolute atomic E-state index is 0.0234. The van der Waals surface area contributed by atoms with E-state index in [-0.39, 0.29) is 11.8 Å². The van der Waals surface area contributed by atoms with Crippen molar-refractivity contribution in [2.45, 2.75) is 25.3 Å². The topological polar surface area (TPSA) is 96.6 Å². The quantitative estimate of drug-likeness (QED) is 0.323. The van der Waals surface area contributed by atoms with Crippen molar-refractivity contribution in [1.82, 2.24) is 10.6 Å². The molecule has 0 aliphatic heterocycles. The molecule has 6 nitrogen and oxygen atoms in total. The first kappa shape index (κ1) is 25.0. The number of rotatable bonds is 9. The third kappa shape index (κ3) is 6.02. The number of carbonyl (C=O) groups is 2. The number of halogens is 1. The van der Waals surface area contributed by atoms with Crippen LogP contribution in [0.5, 0.6) is 0 Å². The number of nitrogens with zero attached hydrogens (tertiary/aromatic N) is 1. The second-order valence-electron chi connectivity index (χ2n) is 8.07. The fraction of sp³-hybridized carbons (Fsp3) is 0.222. The van der Waals surface area contributed by atoms with Crippen LogP contribution in [0.15, 0.2) is 77.8 Å². The third-order valence-corrected chi connectivity index (χ3v) is 5.97. The van der Waals surface area contributed by atoms with Crippen molar-refractivity contribution in [2.75, 3.05) is 13.6 Å². The highest BCUT2D eigenvalue weighted by atomic mass is 35.5. The minimum Gasteiger partial charge on any atom is -0.390 e. The standard InChI is InChI=1S/C27H29ClN4O2/c1-27(32-18-29,26(34)30-2)22-10-6-9-21(16-22)24-17-23(28)12-11-20(24)13-14-31-25(33)15-19-7-4-3-5-8-19/h3-12,16-18H,13-15H2,1-2H3,(H2,29,32)(H,30,34)(H,31,33)/t27-/m1/s1. The fourth-order valence-corrected chi connectivity index (χ4v) is 4.03. The Balaban J connectivity index is 1.81. The maximum absolute atomic E-state index is 12.6. The third-order valence-electron chi connectivity index (χ3n) is 5.73. The molecule has 0 saturated carbocycles. The van der Waals surface area contributed by atoms with E-state index >= 15 is 0 Å². The summed E-state index contributed by atoms with van der Waals surface area (Å²) in [5, 5.41) is 6.25. The average Bonchev–Trinajstić information content (AvgIpc) is 2.85. The normalized spacial score (nSPS) is 12.8. The molecular formula is C27H29ClN4O2. The van der Waals surface area contributed by atoms with Crippen LogP contribution in [-0.4, -0.2) is 31.7 Å². The van der Waals surface area contributed by atoms with Gasteiger partial charge in [0.05, 0.1) is 12.8 Å². The van der Waals surface area contributed by atoms with E-state index in [9.17, 15) is 9.59 Å². The van der Waals surface area contributed by atoms with Crippen molar-refractivity contribution in [1.29, 1.82) is 0 Å². The minimum atomic E-state index is -1.16. The molecule has 4 N–H and O–H groups in total. The summed E-state index contributed by atoms with van der Waals surface area (Å²) in [6.45, 7) is 2.21. The van der Waals surface area contributed by atoms with Crippen molar-refractivity contribution in [3.05, 3.63) is 94.5 Å². The van der Waals surface area contributed by atoms with E-state index in [0.29, 0.717) is 30.0 Å². The highest BCUT2D eigenvalue weighted by molar-refractivity contribution is 6.30. The molecule has 2 amide bonds. The van der Waals surface area contributed by atoms with Crippen molar-refractivity contribution < 1.29 is 9.59 Å². The first-order chi connectivity index (χ1) is 16.4. The number of likely N-dealkylation sites (N-methyl/N-ethyl adjacent to an activating group) is 1. The van der Waals surface area contributed by atoms with Gasteiger partial charge in [-0.2, -0.15) is 0 Å². The summed E-state index contributed by atoms with van der Waals surface area (Å²) >= 11 is 6.32. The Kier molecular flexibility index (Phi) is 8.44. The van der Waals surface area contributed by atoms with Crippen LogP contribution in [0, 0.1) is 0 Å². The Morgan fingerprint density at radius 2 is 1.82 bits per heavy atom. The Bertz CT molecular complexity index is 1180. The van der Waals surface area contributed by atoms with E-state index in [4.69, 9.17) is 17.3 Å². The van der Waals surface area contributed by atoms with Gasteiger partial charge in [-0.05, 0) is 59.4 Å². The van der Waals surface area contributed by atoms with Crippen molar-refractivity contribution in [3.63, 3.8) is 0 Å². The number of nitrogens with one attached hydrogen (secondary N) is 2. The molecule has 0 unspecified atom stereocenters. The summed E-state index contributed by atoms with van der Waals surface area (Å²) in [5.74, 6) is -0.288. The Labute approximate surface area is 205 Å². The van der Waals surface area contributed by atoms with E-state index < -0.39 is 5.54 Å². The maximum atomic E-state index is 12.6. The van der Waals surface area contributed by atoms with E-state index in [2.05, 4.69) is 15.6 Å². The first-order valence-corrected chi connectivity index (χ1v) is 11.4. The molecule has 1 atom stereocenters. The van der Waals surface area contributed by atoms with Gasteiger partial charge < -0.3 is 16.4 Å². The van der Waals surface area contributed by atoms with E-state index in [1.54, 1.807) is 14.0 Å². The van der Waals surface area contributed by atoms with E-state index in [1.807, 2.05) is 72.8 Å². The molecule has 0 aliphatic carbocycles. The zero-order chi connectivity index (χ0) is 24.6.